The van der Waals surface area contributed by atoms with Crippen LogP contribution >= 0.6 is 15.9 Å². The highest BCUT2D eigenvalue weighted by atomic mass is 79.9. The van der Waals surface area contributed by atoms with E-state index >= 15 is 0 Å². The van der Waals surface area contributed by atoms with Gasteiger partial charge in [0.2, 0.25) is 11.8 Å². The van der Waals surface area contributed by atoms with Gasteiger partial charge in [0.05, 0.1) is 30.5 Å². The van der Waals surface area contributed by atoms with Gasteiger partial charge in [-0.05, 0) is 58.8 Å². The monoisotopic (exact) mass is 576 g/mol. The van der Waals surface area contributed by atoms with Gasteiger partial charge in [-0.15, -0.1) is 0 Å². The molecule has 2 aliphatic carbocycles. The van der Waals surface area contributed by atoms with E-state index in [-0.39, 0.29) is 23.8 Å². The van der Waals surface area contributed by atoms with Gasteiger partial charge in [0.1, 0.15) is 5.54 Å². The first-order chi connectivity index (χ1) is 17.8. The van der Waals surface area contributed by atoms with Crippen LogP contribution in [0.15, 0.2) is 16.6 Å². The molecule has 5 rings (SSSR count). The van der Waals surface area contributed by atoms with Gasteiger partial charge >= 0.3 is 5.97 Å². The Balaban J connectivity index is 1.60. The summed E-state index contributed by atoms with van der Waals surface area (Å²) < 4.78 is 11.7. The zero-order chi connectivity index (χ0) is 26.3. The molecule has 2 amide bonds. The molecule has 9 heteroatoms. The lowest BCUT2D eigenvalue weighted by molar-refractivity contribution is -0.153. The number of carbonyl (C=O) groups is 3. The number of aliphatic carboxylic acids is 1. The molecule has 0 aromatic heterocycles. The molecule has 8 nitrogen and oxygen atoms in total. The number of carboxylic acid groups (broad SMARTS) is 1. The number of amides is 2. The Morgan fingerprint density at radius 3 is 2.27 bits per heavy atom. The summed E-state index contributed by atoms with van der Waals surface area (Å²) in [5, 5.41) is 14.1. The normalized spacial score (nSPS) is 31.0. The van der Waals surface area contributed by atoms with Crippen molar-refractivity contribution in [3.05, 3.63) is 22.2 Å². The van der Waals surface area contributed by atoms with E-state index in [4.69, 9.17) is 9.47 Å². The standard InChI is InChI=1S/C28H37BrN2O6/c1-36-20-14-17(13-19(29)24(20)37-2)23-21-22(26(33)31(25(21)32)18-11-7-4-8-12-18)28(30-23,27(34)35)15-16-9-5-3-6-10-16/h13-14,16,18,21-23,30H,3-12,15H2,1-2H3,(H,34,35). The summed E-state index contributed by atoms with van der Waals surface area (Å²) in [7, 11) is 3.09. The van der Waals surface area contributed by atoms with Crippen molar-refractivity contribution in [2.45, 2.75) is 88.3 Å². The van der Waals surface area contributed by atoms with Crippen molar-refractivity contribution in [1.29, 1.82) is 0 Å². The fourth-order valence-corrected chi connectivity index (χ4v) is 8.07. The summed E-state index contributed by atoms with van der Waals surface area (Å²) in [4.78, 5) is 42.7. The first kappa shape index (κ1) is 26.5. The number of nitrogens with zero attached hydrogens (tertiary/aromatic N) is 1. The number of rotatable bonds is 7. The number of halogens is 1. The van der Waals surface area contributed by atoms with E-state index in [0.29, 0.717) is 28.0 Å². The second-order valence-electron chi connectivity index (χ2n) is 11.2. The molecule has 4 atom stereocenters. The van der Waals surface area contributed by atoms with E-state index in [0.717, 1.165) is 64.2 Å². The highest BCUT2D eigenvalue weighted by Crippen LogP contribution is 2.54. The molecule has 0 radical (unpaired) electrons. The Labute approximate surface area is 226 Å². The maximum absolute atomic E-state index is 14.1. The quantitative estimate of drug-likeness (QED) is 0.447. The number of fused-ring (bicyclic) bond motifs is 1. The third-order valence-electron chi connectivity index (χ3n) is 9.16. The van der Waals surface area contributed by atoms with Crippen LogP contribution in [0.4, 0.5) is 0 Å². The van der Waals surface area contributed by atoms with Crippen molar-refractivity contribution in [3.8, 4) is 11.5 Å². The fraction of sp³-hybridized carbons (Fsp3) is 0.679. The molecule has 2 saturated carbocycles. The number of carbonyl (C=O) groups excluding carboxylic acids is 2. The predicted molar refractivity (Wildman–Crippen MR) is 140 cm³/mol. The van der Waals surface area contributed by atoms with Crippen molar-refractivity contribution in [2.24, 2.45) is 17.8 Å². The van der Waals surface area contributed by atoms with Crippen molar-refractivity contribution < 1.29 is 29.0 Å². The minimum absolute atomic E-state index is 0.140. The highest BCUT2D eigenvalue weighted by Gasteiger charge is 2.69. The van der Waals surface area contributed by atoms with Crippen LogP contribution in [0.5, 0.6) is 11.5 Å². The minimum Gasteiger partial charge on any atom is -0.493 e. The minimum atomic E-state index is -1.49. The van der Waals surface area contributed by atoms with Crippen LogP contribution in [-0.2, 0) is 14.4 Å². The molecular formula is C28H37BrN2O6. The largest absolute Gasteiger partial charge is 0.493 e. The van der Waals surface area contributed by atoms with Gasteiger partial charge in [-0.25, -0.2) is 0 Å². The lowest BCUT2D eigenvalue weighted by Crippen LogP contribution is -2.57. The molecule has 4 fully saturated rings. The molecule has 2 aliphatic heterocycles. The van der Waals surface area contributed by atoms with Crippen LogP contribution in [0, 0.1) is 17.8 Å². The van der Waals surface area contributed by atoms with E-state index in [2.05, 4.69) is 21.2 Å². The van der Waals surface area contributed by atoms with Crippen LogP contribution in [0.1, 0.15) is 82.2 Å². The average molecular weight is 578 g/mol. The molecule has 1 aromatic carbocycles. The molecule has 4 aliphatic rings. The van der Waals surface area contributed by atoms with E-state index in [9.17, 15) is 19.5 Å². The molecule has 2 saturated heterocycles. The molecule has 1 aromatic rings. The molecule has 4 unspecified atom stereocenters. The molecule has 0 spiro atoms. The van der Waals surface area contributed by atoms with Gasteiger partial charge < -0.3 is 14.6 Å². The van der Waals surface area contributed by atoms with Crippen LogP contribution in [0.3, 0.4) is 0 Å². The van der Waals surface area contributed by atoms with Crippen LogP contribution in [-0.4, -0.2) is 53.6 Å². The summed E-state index contributed by atoms with van der Waals surface area (Å²) in [6.07, 6.45) is 10.2. The molecule has 37 heavy (non-hydrogen) atoms. The molecular weight excluding hydrogens is 540 g/mol. The van der Waals surface area contributed by atoms with Gasteiger partial charge in [-0.3, -0.25) is 24.6 Å². The number of methoxy groups -OCH3 is 2. The number of nitrogens with one attached hydrogen (secondary N) is 1. The Bertz CT molecular complexity index is 1070. The zero-order valence-electron chi connectivity index (χ0n) is 21.6. The first-order valence-electron chi connectivity index (χ1n) is 13.6. The van der Waals surface area contributed by atoms with E-state index in [1.807, 2.05) is 6.07 Å². The predicted octanol–water partition coefficient (Wildman–Crippen LogP) is 4.84. The van der Waals surface area contributed by atoms with Gasteiger partial charge in [-0.2, -0.15) is 0 Å². The SMILES string of the molecule is COc1cc(C2NC(CC3CCCCC3)(C(=O)O)C3C(=O)N(C4CCCCC4)C(=O)C23)cc(Br)c1OC. The molecule has 2 N–H and O–H groups in total. The summed E-state index contributed by atoms with van der Waals surface area (Å²) in [5.74, 6) is -2.09. The third kappa shape index (κ3) is 4.46. The smallest absolute Gasteiger partial charge is 0.324 e. The second kappa shape index (κ2) is 10.6. The fourth-order valence-electron chi connectivity index (χ4n) is 7.45. The Morgan fingerprint density at radius 1 is 1.03 bits per heavy atom. The number of ether oxygens (including phenoxy) is 2. The van der Waals surface area contributed by atoms with Gasteiger partial charge in [0.25, 0.3) is 0 Å². The number of imide groups is 1. The summed E-state index contributed by atoms with van der Waals surface area (Å²) >= 11 is 3.55. The van der Waals surface area contributed by atoms with Crippen molar-refractivity contribution in [1.82, 2.24) is 10.2 Å². The van der Waals surface area contributed by atoms with Crippen molar-refractivity contribution in [3.63, 3.8) is 0 Å². The maximum Gasteiger partial charge on any atom is 0.324 e. The van der Waals surface area contributed by atoms with E-state index in [1.165, 1.54) is 4.90 Å². The van der Waals surface area contributed by atoms with Crippen LogP contribution in [0.2, 0.25) is 0 Å². The molecule has 2 heterocycles. The first-order valence-corrected chi connectivity index (χ1v) is 14.4. The number of carboxylic acids is 1. The van der Waals surface area contributed by atoms with Crippen molar-refractivity contribution >= 4 is 33.7 Å². The third-order valence-corrected chi connectivity index (χ3v) is 9.75. The average Bonchev–Trinajstić information content (AvgIpc) is 3.38. The number of benzene rings is 1. The summed E-state index contributed by atoms with van der Waals surface area (Å²) in [5.41, 5.74) is -0.786. The lowest BCUT2D eigenvalue weighted by Gasteiger charge is -2.37. The van der Waals surface area contributed by atoms with E-state index < -0.39 is 29.4 Å². The van der Waals surface area contributed by atoms with Gasteiger partial charge in [-0.1, -0.05) is 51.4 Å². The van der Waals surface area contributed by atoms with Crippen LogP contribution in [0.25, 0.3) is 0 Å². The van der Waals surface area contributed by atoms with Gasteiger partial charge in [0.15, 0.2) is 11.5 Å². The van der Waals surface area contributed by atoms with Gasteiger partial charge in [0, 0.05) is 12.1 Å². The number of hydrogen-bond acceptors (Lipinski definition) is 6. The summed E-state index contributed by atoms with van der Waals surface area (Å²) in [6.45, 7) is 0. The van der Waals surface area contributed by atoms with Crippen molar-refractivity contribution in [2.75, 3.05) is 14.2 Å². The second-order valence-corrected chi connectivity index (χ2v) is 12.0. The molecule has 202 valence electrons. The lowest BCUT2D eigenvalue weighted by atomic mass is 9.72. The highest BCUT2D eigenvalue weighted by molar-refractivity contribution is 9.10. The Morgan fingerprint density at radius 2 is 1.68 bits per heavy atom. The Hall–Kier alpha value is -2.13. The van der Waals surface area contributed by atoms with Crippen LogP contribution < -0.4 is 14.8 Å². The molecule has 0 bridgehead atoms. The Kier molecular flexibility index (Phi) is 7.56. The van der Waals surface area contributed by atoms with E-state index in [1.54, 1.807) is 20.3 Å². The number of hydrogen-bond donors (Lipinski definition) is 2. The summed E-state index contributed by atoms with van der Waals surface area (Å²) in [6, 6.07) is 2.86. The zero-order valence-corrected chi connectivity index (χ0v) is 23.2. The maximum atomic E-state index is 14.1. The topological polar surface area (TPSA) is 105 Å². The number of likely N-dealkylation sites (tertiary alicyclic amines) is 1.